The van der Waals surface area contributed by atoms with Crippen molar-refractivity contribution in [2.45, 2.75) is 11.8 Å². The molecular formula is C10H13BrN2O2S. The molecule has 1 rings (SSSR count). The topological polar surface area (TPSA) is 72.2 Å². The monoisotopic (exact) mass is 304 g/mol. The van der Waals surface area contributed by atoms with E-state index in [9.17, 15) is 9.00 Å². The van der Waals surface area contributed by atoms with Crippen molar-refractivity contribution in [3.63, 3.8) is 0 Å². The van der Waals surface area contributed by atoms with Crippen LogP contribution in [0.1, 0.15) is 6.92 Å². The molecule has 0 aromatic heterocycles. The molecule has 0 saturated heterocycles. The molecule has 16 heavy (non-hydrogen) atoms. The molecule has 1 amide bonds. The lowest BCUT2D eigenvalue weighted by Crippen LogP contribution is -2.27. The van der Waals surface area contributed by atoms with Crippen LogP contribution in [0.4, 0.5) is 5.69 Å². The number of nitrogen functional groups attached to an aromatic ring is 1. The molecule has 1 atom stereocenters. The molecule has 3 N–H and O–H groups in total. The molecule has 0 heterocycles. The number of carbonyl (C=O) groups is 1. The average Bonchev–Trinajstić information content (AvgIpc) is 2.17. The summed E-state index contributed by atoms with van der Waals surface area (Å²) in [6, 6.07) is 5.00. The lowest BCUT2D eigenvalue weighted by atomic mass is 10.3. The molecule has 0 saturated carbocycles. The zero-order valence-electron chi connectivity index (χ0n) is 8.83. The molecule has 0 spiro atoms. The lowest BCUT2D eigenvalue weighted by Gasteiger charge is -2.05. The number of halogens is 1. The Kier molecular flexibility index (Phi) is 4.95. The number of carbonyl (C=O) groups excluding carboxylic acids is 1. The second-order valence-electron chi connectivity index (χ2n) is 3.13. The van der Waals surface area contributed by atoms with Crippen LogP contribution in [0.3, 0.4) is 0 Å². The van der Waals surface area contributed by atoms with Gasteiger partial charge in [0.1, 0.15) is 5.75 Å². The van der Waals surface area contributed by atoms with Crippen LogP contribution < -0.4 is 11.1 Å². The normalized spacial score (nSPS) is 12.1. The van der Waals surface area contributed by atoms with Gasteiger partial charge in [-0.15, -0.1) is 0 Å². The first-order valence-electron chi connectivity index (χ1n) is 4.74. The van der Waals surface area contributed by atoms with E-state index >= 15 is 0 Å². The van der Waals surface area contributed by atoms with E-state index in [0.717, 1.165) is 0 Å². The first kappa shape index (κ1) is 13.2. The van der Waals surface area contributed by atoms with Gasteiger partial charge in [0.05, 0.1) is 15.7 Å². The Labute approximate surface area is 105 Å². The first-order chi connectivity index (χ1) is 7.54. The van der Waals surface area contributed by atoms with Crippen molar-refractivity contribution in [1.82, 2.24) is 5.32 Å². The zero-order valence-corrected chi connectivity index (χ0v) is 11.2. The Hall–Kier alpha value is -0.880. The maximum absolute atomic E-state index is 11.8. The summed E-state index contributed by atoms with van der Waals surface area (Å²) in [6.45, 7) is 2.36. The number of hydrogen-bond donors (Lipinski definition) is 2. The van der Waals surface area contributed by atoms with Crippen LogP contribution in [0.2, 0.25) is 0 Å². The first-order valence-corrected chi connectivity index (χ1v) is 6.86. The van der Waals surface area contributed by atoms with Crippen molar-refractivity contribution < 1.29 is 9.00 Å². The van der Waals surface area contributed by atoms with Gasteiger partial charge in [0.2, 0.25) is 5.91 Å². The van der Waals surface area contributed by atoms with Gasteiger partial charge < -0.3 is 11.1 Å². The van der Waals surface area contributed by atoms with Crippen molar-refractivity contribution in [3.8, 4) is 0 Å². The van der Waals surface area contributed by atoms with Gasteiger partial charge in [-0.2, -0.15) is 0 Å². The third-order valence-corrected chi connectivity index (χ3v) is 4.13. The Balaban J connectivity index is 2.77. The number of anilines is 1. The highest BCUT2D eigenvalue weighted by atomic mass is 79.9. The molecule has 88 valence electrons. The third kappa shape index (κ3) is 3.61. The summed E-state index contributed by atoms with van der Waals surface area (Å²) in [5.41, 5.74) is 6.16. The van der Waals surface area contributed by atoms with E-state index in [1.165, 1.54) is 0 Å². The van der Waals surface area contributed by atoms with E-state index in [4.69, 9.17) is 5.73 Å². The maximum atomic E-state index is 11.8. The summed E-state index contributed by atoms with van der Waals surface area (Å²) in [7, 11) is -1.35. The van der Waals surface area contributed by atoms with Crippen molar-refractivity contribution in [3.05, 3.63) is 22.7 Å². The van der Waals surface area contributed by atoms with Gasteiger partial charge in [0.15, 0.2) is 0 Å². The smallest absolute Gasteiger partial charge is 0.232 e. The number of hydrogen-bond acceptors (Lipinski definition) is 3. The maximum Gasteiger partial charge on any atom is 0.232 e. The van der Waals surface area contributed by atoms with Gasteiger partial charge in [-0.1, -0.05) is 0 Å². The van der Waals surface area contributed by atoms with Crippen molar-refractivity contribution in [2.24, 2.45) is 0 Å². The number of nitrogens with two attached hydrogens (primary N) is 1. The molecule has 1 unspecified atom stereocenters. The SMILES string of the molecule is CCNC(=O)CS(=O)c1ccc(N)cc1Br. The Morgan fingerprint density at radius 2 is 2.25 bits per heavy atom. The second-order valence-corrected chi connectivity index (χ2v) is 5.41. The molecule has 0 aliphatic carbocycles. The van der Waals surface area contributed by atoms with Crippen LogP contribution in [-0.4, -0.2) is 22.4 Å². The largest absolute Gasteiger partial charge is 0.399 e. The van der Waals surface area contributed by atoms with Gasteiger partial charge in [-0.05, 0) is 41.1 Å². The molecule has 0 radical (unpaired) electrons. The van der Waals surface area contributed by atoms with Crippen LogP contribution in [0.15, 0.2) is 27.6 Å². The molecule has 0 fully saturated rings. The van der Waals surface area contributed by atoms with Crippen LogP contribution in [0, 0.1) is 0 Å². The highest BCUT2D eigenvalue weighted by molar-refractivity contribution is 9.10. The number of benzene rings is 1. The molecule has 6 heteroatoms. The summed E-state index contributed by atoms with van der Waals surface area (Å²) in [6.07, 6.45) is 0. The van der Waals surface area contributed by atoms with E-state index in [2.05, 4.69) is 21.2 Å². The summed E-state index contributed by atoms with van der Waals surface area (Å²) >= 11 is 3.27. The van der Waals surface area contributed by atoms with Crippen LogP contribution >= 0.6 is 15.9 Å². The second kappa shape index (κ2) is 6.00. The predicted molar refractivity (Wildman–Crippen MR) is 68.5 cm³/mol. The Bertz CT molecular complexity index is 423. The van der Waals surface area contributed by atoms with Crippen molar-refractivity contribution >= 4 is 38.3 Å². The fraction of sp³-hybridized carbons (Fsp3) is 0.300. The van der Waals surface area contributed by atoms with Gasteiger partial charge in [-0.3, -0.25) is 9.00 Å². The number of rotatable bonds is 4. The van der Waals surface area contributed by atoms with E-state index in [1.807, 2.05) is 6.92 Å². The highest BCUT2D eigenvalue weighted by Crippen LogP contribution is 2.22. The third-order valence-electron chi connectivity index (χ3n) is 1.84. The van der Waals surface area contributed by atoms with E-state index in [-0.39, 0.29) is 11.7 Å². The lowest BCUT2D eigenvalue weighted by molar-refractivity contribution is -0.118. The fourth-order valence-corrected chi connectivity index (χ4v) is 3.08. The van der Waals surface area contributed by atoms with Crippen LogP contribution in [0.5, 0.6) is 0 Å². The van der Waals surface area contributed by atoms with E-state index < -0.39 is 10.8 Å². The van der Waals surface area contributed by atoms with Crippen molar-refractivity contribution in [2.75, 3.05) is 18.0 Å². The van der Waals surface area contributed by atoms with Crippen molar-refractivity contribution in [1.29, 1.82) is 0 Å². The number of nitrogens with one attached hydrogen (secondary N) is 1. The summed E-state index contributed by atoms with van der Waals surface area (Å²) in [5, 5.41) is 2.61. The minimum Gasteiger partial charge on any atom is -0.399 e. The summed E-state index contributed by atoms with van der Waals surface area (Å²) in [5.74, 6) is -0.249. The standard InChI is InChI=1S/C10H13BrN2O2S/c1-2-13-10(14)6-16(15)9-4-3-7(12)5-8(9)11/h3-5H,2,6,12H2,1H3,(H,13,14). The molecular weight excluding hydrogens is 292 g/mol. The summed E-state index contributed by atoms with van der Waals surface area (Å²) < 4.78 is 12.5. The molecule has 4 nitrogen and oxygen atoms in total. The van der Waals surface area contributed by atoms with Crippen LogP contribution in [-0.2, 0) is 15.6 Å². The predicted octanol–water partition coefficient (Wildman–Crippen LogP) is 1.27. The van der Waals surface area contributed by atoms with Gasteiger partial charge >= 0.3 is 0 Å². The molecule has 1 aromatic carbocycles. The average molecular weight is 305 g/mol. The van der Waals surface area contributed by atoms with E-state index in [1.54, 1.807) is 18.2 Å². The van der Waals surface area contributed by atoms with Gasteiger partial charge in [0.25, 0.3) is 0 Å². The summed E-state index contributed by atoms with van der Waals surface area (Å²) in [4.78, 5) is 11.8. The van der Waals surface area contributed by atoms with Crippen LogP contribution in [0.25, 0.3) is 0 Å². The Morgan fingerprint density at radius 1 is 1.56 bits per heavy atom. The molecule has 0 bridgehead atoms. The fourth-order valence-electron chi connectivity index (χ4n) is 1.15. The quantitative estimate of drug-likeness (QED) is 0.823. The molecule has 0 aliphatic heterocycles. The Morgan fingerprint density at radius 3 is 2.81 bits per heavy atom. The molecule has 0 aliphatic rings. The van der Waals surface area contributed by atoms with Gasteiger partial charge in [0, 0.05) is 16.7 Å². The zero-order chi connectivity index (χ0) is 12.1. The number of amides is 1. The molecule has 1 aromatic rings. The minimum absolute atomic E-state index is 0.0314. The minimum atomic E-state index is -1.35. The van der Waals surface area contributed by atoms with Gasteiger partial charge in [-0.25, -0.2) is 0 Å². The van der Waals surface area contributed by atoms with E-state index in [0.29, 0.717) is 21.6 Å². The highest BCUT2D eigenvalue weighted by Gasteiger charge is 2.12.